The van der Waals surface area contributed by atoms with E-state index in [0.29, 0.717) is 10.6 Å². The van der Waals surface area contributed by atoms with Crippen molar-refractivity contribution in [2.45, 2.75) is 12.4 Å². The number of aromatic nitrogens is 4. The van der Waals surface area contributed by atoms with Gasteiger partial charge >= 0.3 is 12.4 Å². The molecule has 0 spiro atoms. The van der Waals surface area contributed by atoms with Crippen LogP contribution < -0.4 is 4.74 Å². The van der Waals surface area contributed by atoms with Crippen LogP contribution in [0, 0.1) is 5.82 Å². The zero-order valence-electron chi connectivity index (χ0n) is 12.4. The van der Waals surface area contributed by atoms with Crippen molar-refractivity contribution in [3.05, 3.63) is 42.4 Å². The van der Waals surface area contributed by atoms with Gasteiger partial charge < -0.3 is 4.74 Å². The van der Waals surface area contributed by atoms with Crippen LogP contribution in [-0.4, -0.2) is 32.1 Å². The summed E-state index contributed by atoms with van der Waals surface area (Å²) in [6, 6.07) is 0.761. The Labute approximate surface area is 140 Å². The minimum atomic E-state index is -4.67. The Kier molecular flexibility index (Phi) is 4.20. The Bertz CT molecular complexity index is 949. The van der Waals surface area contributed by atoms with Crippen molar-refractivity contribution in [1.29, 1.82) is 0 Å². The van der Waals surface area contributed by atoms with E-state index in [1.54, 1.807) is 0 Å². The summed E-state index contributed by atoms with van der Waals surface area (Å²) in [6.07, 6.45) is -5.78. The molecule has 3 heterocycles. The van der Waals surface area contributed by atoms with Crippen LogP contribution in [0.25, 0.3) is 16.9 Å². The predicted molar refractivity (Wildman–Crippen MR) is 72.7 cm³/mol. The molecule has 3 rings (SSSR count). The van der Waals surface area contributed by atoms with Crippen molar-refractivity contribution in [2.24, 2.45) is 0 Å². The third-order valence-corrected chi connectivity index (χ3v) is 3.16. The lowest BCUT2D eigenvalue weighted by Gasteiger charge is -2.10. The molecular weight excluding hydrogens is 373 g/mol. The van der Waals surface area contributed by atoms with E-state index >= 15 is 0 Å². The highest BCUT2D eigenvalue weighted by Gasteiger charge is 2.34. The van der Waals surface area contributed by atoms with Crippen molar-refractivity contribution in [3.8, 4) is 17.1 Å². The molecule has 0 aliphatic carbocycles. The van der Waals surface area contributed by atoms with Crippen LogP contribution in [0.5, 0.6) is 5.88 Å². The summed E-state index contributed by atoms with van der Waals surface area (Å²) in [7, 11) is 0. The molecule has 3 aromatic heterocycles. The van der Waals surface area contributed by atoms with E-state index in [0.717, 1.165) is 24.7 Å². The van der Waals surface area contributed by atoms with Gasteiger partial charge in [0.2, 0.25) is 0 Å². The molecule has 12 heteroatoms. The molecule has 0 aliphatic heterocycles. The molecule has 5 nitrogen and oxygen atoms in total. The van der Waals surface area contributed by atoms with E-state index in [1.807, 2.05) is 0 Å². The Morgan fingerprint density at radius 2 is 1.69 bits per heavy atom. The average Bonchev–Trinajstić information content (AvgIpc) is 2.96. The minimum Gasteiger partial charge on any atom is -0.466 e. The first-order valence-electron chi connectivity index (χ1n) is 6.80. The molecule has 0 atom stereocenters. The second-order valence-electron chi connectivity index (χ2n) is 5.06. The molecule has 0 radical (unpaired) electrons. The fourth-order valence-corrected chi connectivity index (χ4v) is 2.07. The summed E-state index contributed by atoms with van der Waals surface area (Å²) >= 11 is 0. The molecule has 0 bridgehead atoms. The highest BCUT2D eigenvalue weighted by Crippen LogP contribution is 2.31. The van der Waals surface area contributed by atoms with E-state index in [2.05, 4.69) is 19.7 Å². The van der Waals surface area contributed by atoms with Gasteiger partial charge in [-0.3, -0.25) is 9.38 Å². The average molecular weight is 380 g/mol. The summed E-state index contributed by atoms with van der Waals surface area (Å²) in [5, 5.41) is 0. The Morgan fingerprint density at radius 3 is 2.31 bits per heavy atom. The standard InChI is InChI=1S/C14H7F7N4O/c15-8-1-7(2-24-12(8)26-6-13(16,17)18)9-5-25-10(14(19,20)21)3-23-11(25)4-22-9/h1-5H,6H2. The number of ether oxygens (including phenoxy) is 1. The van der Waals surface area contributed by atoms with Crippen molar-refractivity contribution < 1.29 is 35.5 Å². The smallest absolute Gasteiger partial charge is 0.433 e. The molecular formula is C14H7F7N4O. The summed E-state index contributed by atoms with van der Waals surface area (Å²) < 4.78 is 93.8. The highest BCUT2D eigenvalue weighted by atomic mass is 19.4. The van der Waals surface area contributed by atoms with Gasteiger partial charge in [-0.25, -0.2) is 14.4 Å². The number of hydrogen-bond donors (Lipinski definition) is 0. The second kappa shape index (κ2) is 6.11. The fraction of sp³-hybridized carbons (Fsp3) is 0.214. The van der Waals surface area contributed by atoms with Crippen LogP contribution in [0.1, 0.15) is 5.69 Å². The first-order chi connectivity index (χ1) is 12.0. The minimum absolute atomic E-state index is 0.0504. The summed E-state index contributed by atoms with van der Waals surface area (Å²) in [5.41, 5.74) is -1.28. The van der Waals surface area contributed by atoms with Gasteiger partial charge in [0.05, 0.1) is 18.1 Å². The normalized spacial score (nSPS) is 12.6. The maximum Gasteiger partial charge on any atom is 0.433 e. The maximum atomic E-state index is 13.9. The number of halogens is 7. The van der Waals surface area contributed by atoms with E-state index in [9.17, 15) is 30.7 Å². The first kappa shape index (κ1) is 17.9. The predicted octanol–water partition coefficient (Wildman–Crippen LogP) is 3.89. The zero-order chi connectivity index (χ0) is 19.1. The molecule has 0 saturated carbocycles. The Morgan fingerprint density at radius 1 is 0.962 bits per heavy atom. The summed E-state index contributed by atoms with van der Waals surface area (Å²) in [5.74, 6) is -2.10. The topological polar surface area (TPSA) is 52.3 Å². The fourth-order valence-electron chi connectivity index (χ4n) is 2.07. The Balaban J connectivity index is 1.95. The Hall–Kier alpha value is -2.92. The van der Waals surface area contributed by atoms with Gasteiger partial charge in [-0.1, -0.05) is 0 Å². The van der Waals surface area contributed by atoms with E-state index in [-0.39, 0.29) is 16.9 Å². The van der Waals surface area contributed by atoms with Crippen molar-refractivity contribution >= 4 is 5.65 Å². The number of hydrogen-bond acceptors (Lipinski definition) is 4. The second-order valence-corrected chi connectivity index (χ2v) is 5.06. The molecule has 0 unspecified atom stereocenters. The number of rotatable bonds is 3. The van der Waals surface area contributed by atoms with Gasteiger partial charge in [0.1, 0.15) is 5.69 Å². The molecule has 26 heavy (non-hydrogen) atoms. The molecule has 3 aromatic rings. The van der Waals surface area contributed by atoms with E-state index < -0.39 is 36.4 Å². The number of pyridine rings is 1. The van der Waals surface area contributed by atoms with Crippen molar-refractivity contribution in [1.82, 2.24) is 19.4 Å². The lowest BCUT2D eigenvalue weighted by atomic mass is 10.2. The molecule has 0 saturated heterocycles. The third-order valence-electron chi connectivity index (χ3n) is 3.16. The third kappa shape index (κ3) is 3.68. The van der Waals surface area contributed by atoms with Crippen LogP contribution in [0.3, 0.4) is 0 Å². The van der Waals surface area contributed by atoms with Crippen LogP contribution in [-0.2, 0) is 6.18 Å². The van der Waals surface area contributed by atoms with Gasteiger partial charge in [-0.2, -0.15) is 26.3 Å². The lowest BCUT2D eigenvalue weighted by Crippen LogP contribution is -2.20. The number of nitrogens with zero attached hydrogens (tertiary/aromatic N) is 4. The SMILES string of the molecule is Fc1cc(-c2cn3c(C(F)(F)F)cnc3cn2)cnc1OCC(F)(F)F. The number of imidazole rings is 1. The zero-order valence-corrected chi connectivity index (χ0v) is 12.4. The number of fused-ring (bicyclic) bond motifs is 1. The van der Waals surface area contributed by atoms with Gasteiger partial charge in [0.15, 0.2) is 18.1 Å². The van der Waals surface area contributed by atoms with Crippen molar-refractivity contribution in [3.63, 3.8) is 0 Å². The molecule has 0 aromatic carbocycles. The van der Waals surface area contributed by atoms with Crippen molar-refractivity contribution in [2.75, 3.05) is 6.61 Å². The quantitative estimate of drug-likeness (QED) is 0.647. The lowest BCUT2D eigenvalue weighted by molar-refractivity contribution is -0.154. The summed E-state index contributed by atoms with van der Waals surface area (Å²) in [4.78, 5) is 10.8. The van der Waals surface area contributed by atoms with Gasteiger partial charge in [-0.15, -0.1) is 0 Å². The molecule has 0 N–H and O–H groups in total. The first-order valence-corrected chi connectivity index (χ1v) is 6.80. The molecule has 0 aliphatic rings. The number of alkyl halides is 6. The van der Waals surface area contributed by atoms with E-state index in [1.165, 1.54) is 0 Å². The molecule has 0 amide bonds. The molecule has 138 valence electrons. The monoisotopic (exact) mass is 380 g/mol. The highest BCUT2D eigenvalue weighted by molar-refractivity contribution is 5.59. The molecule has 0 fully saturated rings. The van der Waals surface area contributed by atoms with Crippen LogP contribution in [0.2, 0.25) is 0 Å². The van der Waals surface area contributed by atoms with Crippen LogP contribution >= 0.6 is 0 Å². The largest absolute Gasteiger partial charge is 0.466 e. The van der Waals surface area contributed by atoms with Gasteiger partial charge in [0.25, 0.3) is 5.88 Å². The van der Waals surface area contributed by atoms with E-state index in [4.69, 9.17) is 0 Å². The van der Waals surface area contributed by atoms with Gasteiger partial charge in [-0.05, 0) is 6.07 Å². The van der Waals surface area contributed by atoms with Crippen LogP contribution in [0.4, 0.5) is 30.7 Å². The van der Waals surface area contributed by atoms with Crippen LogP contribution in [0.15, 0.2) is 30.9 Å². The van der Waals surface area contributed by atoms with Gasteiger partial charge in [0, 0.05) is 18.0 Å². The maximum absolute atomic E-state index is 13.9. The summed E-state index contributed by atoms with van der Waals surface area (Å²) in [6.45, 7) is -1.73.